The summed E-state index contributed by atoms with van der Waals surface area (Å²) in [6.45, 7) is 5.05. The fraction of sp³-hybridized carbons (Fsp3) is 0.381. The Morgan fingerprint density at radius 1 is 1.24 bits per heavy atom. The topological polar surface area (TPSA) is 41.3 Å². The first-order chi connectivity index (χ1) is 12.2. The molecule has 3 heterocycles. The van der Waals surface area contributed by atoms with E-state index < -0.39 is 0 Å². The number of nitrogens with zero attached hydrogens (tertiary/aromatic N) is 2. The Morgan fingerprint density at radius 3 is 2.96 bits per heavy atom. The molecule has 25 heavy (non-hydrogen) atoms. The fourth-order valence-electron chi connectivity index (χ4n) is 4.14. The molecule has 4 heteroatoms. The highest BCUT2D eigenvalue weighted by atomic mass is 16.3. The highest BCUT2D eigenvalue weighted by molar-refractivity contribution is 5.82. The predicted octanol–water partition coefficient (Wildman–Crippen LogP) is 3.92. The Morgan fingerprint density at radius 2 is 2.12 bits per heavy atom. The summed E-state index contributed by atoms with van der Waals surface area (Å²) in [4.78, 5) is 6.75. The van der Waals surface area contributed by atoms with Gasteiger partial charge in [-0.25, -0.2) is 0 Å². The van der Waals surface area contributed by atoms with Crippen molar-refractivity contribution in [3.05, 3.63) is 65.7 Å². The van der Waals surface area contributed by atoms with Crippen LogP contribution >= 0.6 is 0 Å². The lowest BCUT2D eigenvalue weighted by Gasteiger charge is -2.25. The lowest BCUT2D eigenvalue weighted by atomic mass is 9.94. The first kappa shape index (κ1) is 16.3. The highest BCUT2D eigenvalue weighted by Gasteiger charge is 2.32. The molecule has 3 aromatic rings. The van der Waals surface area contributed by atoms with E-state index in [0.29, 0.717) is 12.0 Å². The van der Waals surface area contributed by atoms with Crippen LogP contribution in [-0.2, 0) is 6.54 Å². The number of aromatic nitrogens is 1. The van der Waals surface area contributed by atoms with E-state index in [1.165, 1.54) is 22.9 Å². The van der Waals surface area contributed by atoms with E-state index in [2.05, 4.69) is 47.4 Å². The standard InChI is InChI=1S/C21H25N3O/c1-15-19(18-7-3-4-8-20(18)25-15)14-23-13-17-9-11-24(2)21(17)16-6-5-10-22-12-16/h3-8,10,12,17,21,23H,9,11,13-14H2,1-2H3/t17-,21-/m0/s1. The van der Waals surface area contributed by atoms with Gasteiger partial charge in [0, 0.05) is 42.5 Å². The number of furan rings is 1. The van der Waals surface area contributed by atoms with Crippen molar-refractivity contribution in [2.45, 2.75) is 25.9 Å². The van der Waals surface area contributed by atoms with E-state index in [1.54, 1.807) is 0 Å². The van der Waals surface area contributed by atoms with Crippen molar-refractivity contribution < 1.29 is 4.42 Å². The van der Waals surface area contributed by atoms with Crippen LogP contribution in [0.25, 0.3) is 11.0 Å². The normalized spacial score (nSPS) is 21.2. The number of para-hydroxylation sites is 1. The third-order valence-electron chi connectivity index (χ3n) is 5.41. The van der Waals surface area contributed by atoms with Crippen molar-refractivity contribution in [3.63, 3.8) is 0 Å². The molecule has 1 N–H and O–H groups in total. The minimum atomic E-state index is 0.448. The zero-order chi connectivity index (χ0) is 17.2. The van der Waals surface area contributed by atoms with Gasteiger partial charge in [0.05, 0.1) is 0 Å². The number of rotatable bonds is 5. The van der Waals surface area contributed by atoms with Crippen LogP contribution < -0.4 is 5.32 Å². The quantitative estimate of drug-likeness (QED) is 0.767. The van der Waals surface area contributed by atoms with E-state index in [9.17, 15) is 0 Å². The van der Waals surface area contributed by atoms with Crippen molar-refractivity contribution in [1.29, 1.82) is 0 Å². The highest BCUT2D eigenvalue weighted by Crippen LogP contribution is 2.35. The molecule has 0 unspecified atom stereocenters. The monoisotopic (exact) mass is 335 g/mol. The van der Waals surface area contributed by atoms with Crippen LogP contribution in [0.3, 0.4) is 0 Å². The molecule has 1 fully saturated rings. The SMILES string of the molecule is Cc1oc2ccccc2c1CNC[C@@H]1CCN(C)[C@H]1c1cccnc1. The van der Waals surface area contributed by atoms with Gasteiger partial charge in [-0.1, -0.05) is 24.3 Å². The maximum absolute atomic E-state index is 5.87. The molecule has 0 radical (unpaired) electrons. The summed E-state index contributed by atoms with van der Waals surface area (Å²) in [7, 11) is 2.21. The van der Waals surface area contributed by atoms with Crippen molar-refractivity contribution in [2.75, 3.05) is 20.1 Å². The summed E-state index contributed by atoms with van der Waals surface area (Å²) < 4.78 is 5.87. The average Bonchev–Trinajstić information content (AvgIpc) is 3.16. The van der Waals surface area contributed by atoms with Gasteiger partial charge in [-0.3, -0.25) is 9.88 Å². The molecule has 0 aliphatic carbocycles. The van der Waals surface area contributed by atoms with Gasteiger partial charge in [0.2, 0.25) is 0 Å². The summed E-state index contributed by atoms with van der Waals surface area (Å²) in [5.74, 6) is 1.62. The van der Waals surface area contributed by atoms with Gasteiger partial charge in [0.15, 0.2) is 0 Å². The van der Waals surface area contributed by atoms with Gasteiger partial charge in [-0.2, -0.15) is 0 Å². The van der Waals surface area contributed by atoms with Crippen LogP contribution in [0.1, 0.15) is 29.3 Å². The second-order valence-electron chi connectivity index (χ2n) is 7.02. The van der Waals surface area contributed by atoms with E-state index in [-0.39, 0.29) is 0 Å². The Kier molecular flexibility index (Phi) is 4.55. The number of fused-ring (bicyclic) bond motifs is 1. The Balaban J connectivity index is 1.45. The lowest BCUT2D eigenvalue weighted by Crippen LogP contribution is -2.28. The van der Waals surface area contributed by atoms with Gasteiger partial charge >= 0.3 is 0 Å². The fourth-order valence-corrected chi connectivity index (χ4v) is 4.14. The maximum Gasteiger partial charge on any atom is 0.134 e. The van der Waals surface area contributed by atoms with Gasteiger partial charge in [0.25, 0.3) is 0 Å². The van der Waals surface area contributed by atoms with Crippen molar-refractivity contribution in [2.24, 2.45) is 5.92 Å². The van der Waals surface area contributed by atoms with Crippen molar-refractivity contribution >= 4 is 11.0 Å². The maximum atomic E-state index is 5.87. The molecule has 2 aromatic heterocycles. The van der Waals surface area contributed by atoms with Crippen molar-refractivity contribution in [1.82, 2.24) is 15.2 Å². The number of benzene rings is 1. The van der Waals surface area contributed by atoms with Crippen LogP contribution in [0.15, 0.2) is 53.2 Å². The van der Waals surface area contributed by atoms with Gasteiger partial charge < -0.3 is 9.73 Å². The summed E-state index contributed by atoms with van der Waals surface area (Å²) in [5.41, 5.74) is 3.57. The Bertz CT molecular complexity index is 843. The third-order valence-corrected chi connectivity index (χ3v) is 5.41. The molecule has 0 spiro atoms. The number of likely N-dealkylation sites (tertiary alicyclic amines) is 1. The molecule has 4 nitrogen and oxygen atoms in total. The largest absolute Gasteiger partial charge is 0.461 e. The molecule has 2 atom stereocenters. The summed E-state index contributed by atoms with van der Waals surface area (Å²) >= 11 is 0. The van der Waals surface area contributed by atoms with E-state index in [0.717, 1.165) is 31.0 Å². The second-order valence-corrected chi connectivity index (χ2v) is 7.02. The van der Waals surface area contributed by atoms with E-state index in [1.807, 2.05) is 30.6 Å². The van der Waals surface area contributed by atoms with Crippen LogP contribution in [0.5, 0.6) is 0 Å². The average molecular weight is 335 g/mol. The van der Waals surface area contributed by atoms with Gasteiger partial charge in [-0.05, 0) is 50.6 Å². The summed E-state index contributed by atoms with van der Waals surface area (Å²) in [5, 5.41) is 4.90. The smallest absolute Gasteiger partial charge is 0.134 e. The molecule has 1 saturated heterocycles. The number of aryl methyl sites for hydroxylation is 1. The van der Waals surface area contributed by atoms with Crippen LogP contribution in [0.2, 0.25) is 0 Å². The Hall–Kier alpha value is -2.17. The molecule has 1 aliphatic heterocycles. The number of nitrogens with one attached hydrogen (secondary N) is 1. The molecule has 0 bridgehead atoms. The zero-order valence-electron chi connectivity index (χ0n) is 14.9. The molecule has 0 amide bonds. The first-order valence-corrected chi connectivity index (χ1v) is 9.02. The van der Waals surface area contributed by atoms with Crippen LogP contribution in [0.4, 0.5) is 0 Å². The van der Waals surface area contributed by atoms with Gasteiger partial charge in [0.1, 0.15) is 11.3 Å². The molecule has 130 valence electrons. The molecule has 1 aromatic carbocycles. The number of hydrogen-bond donors (Lipinski definition) is 1. The lowest BCUT2D eigenvalue weighted by molar-refractivity contribution is 0.271. The molecule has 4 rings (SSSR count). The molecule has 1 aliphatic rings. The minimum Gasteiger partial charge on any atom is -0.461 e. The predicted molar refractivity (Wildman–Crippen MR) is 100 cm³/mol. The van der Waals surface area contributed by atoms with Crippen LogP contribution in [-0.4, -0.2) is 30.0 Å². The molecular formula is C21H25N3O. The zero-order valence-corrected chi connectivity index (χ0v) is 14.9. The molecule has 0 saturated carbocycles. The van der Waals surface area contributed by atoms with E-state index >= 15 is 0 Å². The third kappa shape index (κ3) is 3.20. The number of hydrogen-bond acceptors (Lipinski definition) is 4. The van der Waals surface area contributed by atoms with Crippen molar-refractivity contribution in [3.8, 4) is 0 Å². The van der Waals surface area contributed by atoms with Gasteiger partial charge in [-0.15, -0.1) is 0 Å². The molecular weight excluding hydrogens is 310 g/mol. The van der Waals surface area contributed by atoms with E-state index in [4.69, 9.17) is 4.42 Å². The first-order valence-electron chi connectivity index (χ1n) is 9.02. The Labute approximate surface area is 148 Å². The summed E-state index contributed by atoms with van der Waals surface area (Å²) in [6, 6.07) is 13.0. The minimum absolute atomic E-state index is 0.448. The second kappa shape index (κ2) is 6.98. The number of pyridine rings is 1. The summed E-state index contributed by atoms with van der Waals surface area (Å²) in [6.07, 6.45) is 5.07. The van der Waals surface area contributed by atoms with Crippen LogP contribution in [0, 0.1) is 12.8 Å².